The fourth-order valence-corrected chi connectivity index (χ4v) is 2.39. The maximum absolute atomic E-state index is 12.0. The highest BCUT2D eigenvalue weighted by atomic mass is 16.2. The van der Waals surface area contributed by atoms with Crippen LogP contribution in [0.1, 0.15) is 32.3 Å². The largest absolute Gasteiger partial charge is 0.342 e. The molecule has 5 heteroatoms. The van der Waals surface area contributed by atoms with E-state index >= 15 is 0 Å². The molecular weight excluding hydrogens is 266 g/mol. The molecule has 0 aromatic heterocycles. The molecule has 0 spiro atoms. The van der Waals surface area contributed by atoms with E-state index in [1.54, 1.807) is 0 Å². The molecule has 21 heavy (non-hydrogen) atoms. The van der Waals surface area contributed by atoms with Gasteiger partial charge in [-0.3, -0.25) is 4.79 Å². The van der Waals surface area contributed by atoms with Crippen LogP contribution in [0.5, 0.6) is 0 Å². The van der Waals surface area contributed by atoms with Crippen LogP contribution in [0.2, 0.25) is 0 Å². The summed E-state index contributed by atoms with van der Waals surface area (Å²) in [5.41, 5.74) is 1.70. The standard InChI is InChI=1S/C16H23N3O2/c1-12(2)17-16(21)18-14-7-5-13(6-8-14)11-15(20)19-9-3-4-10-19/h5-8,12H,3-4,9-11H2,1-2H3,(H2,17,18,21). The Morgan fingerprint density at radius 2 is 1.76 bits per heavy atom. The normalized spacial score (nSPS) is 14.3. The Morgan fingerprint density at radius 3 is 2.33 bits per heavy atom. The first-order chi connectivity index (χ1) is 10.0. The maximum Gasteiger partial charge on any atom is 0.319 e. The molecule has 0 unspecified atom stereocenters. The first-order valence-electron chi connectivity index (χ1n) is 7.49. The molecule has 1 fully saturated rings. The number of urea groups is 1. The molecule has 1 aliphatic heterocycles. The Bertz CT molecular complexity index is 491. The molecule has 5 nitrogen and oxygen atoms in total. The topological polar surface area (TPSA) is 61.4 Å². The second-order valence-electron chi connectivity index (χ2n) is 5.71. The van der Waals surface area contributed by atoms with Crippen molar-refractivity contribution in [2.75, 3.05) is 18.4 Å². The van der Waals surface area contributed by atoms with Crippen LogP contribution in [-0.4, -0.2) is 36.0 Å². The summed E-state index contributed by atoms with van der Waals surface area (Å²) in [6.45, 7) is 5.58. The molecule has 1 aromatic carbocycles. The molecular formula is C16H23N3O2. The number of rotatable bonds is 4. The Kier molecular flexibility index (Phi) is 5.20. The molecule has 114 valence electrons. The predicted molar refractivity (Wildman–Crippen MR) is 83.3 cm³/mol. The van der Waals surface area contributed by atoms with Gasteiger partial charge in [-0.15, -0.1) is 0 Å². The van der Waals surface area contributed by atoms with E-state index in [1.165, 1.54) is 0 Å². The van der Waals surface area contributed by atoms with Crippen molar-refractivity contribution in [2.24, 2.45) is 0 Å². The number of anilines is 1. The summed E-state index contributed by atoms with van der Waals surface area (Å²) >= 11 is 0. The van der Waals surface area contributed by atoms with Gasteiger partial charge in [0.2, 0.25) is 5.91 Å². The summed E-state index contributed by atoms with van der Waals surface area (Å²) in [5.74, 6) is 0.186. The van der Waals surface area contributed by atoms with Crippen molar-refractivity contribution in [1.29, 1.82) is 0 Å². The molecule has 2 N–H and O–H groups in total. The molecule has 1 heterocycles. The van der Waals surface area contributed by atoms with Crippen LogP contribution in [0, 0.1) is 0 Å². The van der Waals surface area contributed by atoms with Crippen molar-refractivity contribution >= 4 is 17.6 Å². The van der Waals surface area contributed by atoms with Gasteiger partial charge in [-0.2, -0.15) is 0 Å². The molecule has 1 aliphatic rings. The van der Waals surface area contributed by atoms with E-state index in [1.807, 2.05) is 43.0 Å². The van der Waals surface area contributed by atoms with Crippen molar-refractivity contribution in [3.05, 3.63) is 29.8 Å². The number of hydrogen-bond donors (Lipinski definition) is 2. The van der Waals surface area contributed by atoms with E-state index < -0.39 is 0 Å². The number of nitrogens with one attached hydrogen (secondary N) is 2. The second-order valence-corrected chi connectivity index (χ2v) is 5.71. The first-order valence-corrected chi connectivity index (χ1v) is 7.49. The van der Waals surface area contributed by atoms with Crippen molar-refractivity contribution in [3.8, 4) is 0 Å². The molecule has 0 radical (unpaired) electrons. The molecule has 2 rings (SSSR count). The molecule has 0 aliphatic carbocycles. The lowest BCUT2D eigenvalue weighted by atomic mass is 10.1. The monoisotopic (exact) mass is 289 g/mol. The smallest absolute Gasteiger partial charge is 0.319 e. The summed E-state index contributed by atoms with van der Waals surface area (Å²) in [7, 11) is 0. The van der Waals surface area contributed by atoms with Crippen molar-refractivity contribution < 1.29 is 9.59 Å². The van der Waals surface area contributed by atoms with Crippen molar-refractivity contribution in [3.63, 3.8) is 0 Å². The van der Waals surface area contributed by atoms with Gasteiger partial charge < -0.3 is 15.5 Å². The van der Waals surface area contributed by atoms with Gasteiger partial charge in [0.1, 0.15) is 0 Å². The van der Waals surface area contributed by atoms with Gasteiger partial charge in [-0.05, 0) is 44.4 Å². The number of carbonyl (C=O) groups excluding carboxylic acids is 2. The molecule has 3 amide bonds. The van der Waals surface area contributed by atoms with Gasteiger partial charge >= 0.3 is 6.03 Å². The fourth-order valence-electron chi connectivity index (χ4n) is 2.39. The minimum Gasteiger partial charge on any atom is -0.342 e. The van der Waals surface area contributed by atoms with Gasteiger partial charge in [0.05, 0.1) is 6.42 Å². The Labute approximate surface area is 125 Å². The maximum atomic E-state index is 12.0. The Morgan fingerprint density at radius 1 is 1.14 bits per heavy atom. The van der Waals surface area contributed by atoms with Crippen molar-refractivity contribution in [1.82, 2.24) is 10.2 Å². The number of carbonyl (C=O) groups is 2. The Hall–Kier alpha value is -2.04. The summed E-state index contributed by atoms with van der Waals surface area (Å²) in [6.07, 6.45) is 2.65. The van der Waals surface area contributed by atoms with Crippen LogP contribution < -0.4 is 10.6 Å². The van der Waals surface area contributed by atoms with E-state index in [0.717, 1.165) is 37.2 Å². The van der Waals surface area contributed by atoms with Crippen molar-refractivity contribution in [2.45, 2.75) is 39.2 Å². The summed E-state index contributed by atoms with van der Waals surface area (Å²) < 4.78 is 0. The number of nitrogens with zero attached hydrogens (tertiary/aromatic N) is 1. The van der Waals surface area contributed by atoms with Gasteiger partial charge in [-0.25, -0.2) is 4.79 Å². The molecule has 0 atom stereocenters. The van der Waals surface area contributed by atoms with Crippen LogP contribution in [-0.2, 0) is 11.2 Å². The van der Waals surface area contributed by atoms with E-state index in [4.69, 9.17) is 0 Å². The second kappa shape index (κ2) is 7.11. The van der Waals surface area contributed by atoms with Crippen LogP contribution in [0.15, 0.2) is 24.3 Å². The summed E-state index contributed by atoms with van der Waals surface area (Å²) in [5, 5.41) is 5.53. The van der Waals surface area contributed by atoms with Crippen LogP contribution in [0.25, 0.3) is 0 Å². The summed E-state index contributed by atoms with van der Waals surface area (Å²) in [6, 6.07) is 7.31. The lowest BCUT2D eigenvalue weighted by Crippen LogP contribution is -2.34. The van der Waals surface area contributed by atoms with Crippen LogP contribution >= 0.6 is 0 Å². The van der Waals surface area contributed by atoms with E-state index in [9.17, 15) is 9.59 Å². The van der Waals surface area contributed by atoms with Crippen LogP contribution in [0.4, 0.5) is 10.5 Å². The number of likely N-dealkylation sites (tertiary alicyclic amines) is 1. The highest BCUT2D eigenvalue weighted by molar-refractivity contribution is 5.89. The fraction of sp³-hybridized carbons (Fsp3) is 0.500. The SMILES string of the molecule is CC(C)NC(=O)Nc1ccc(CC(=O)N2CCCC2)cc1. The van der Waals surface area contributed by atoms with Crippen LogP contribution in [0.3, 0.4) is 0 Å². The van der Waals surface area contributed by atoms with E-state index in [2.05, 4.69) is 10.6 Å². The third-order valence-electron chi connectivity index (χ3n) is 3.45. The average Bonchev–Trinajstić information content (AvgIpc) is 2.94. The highest BCUT2D eigenvalue weighted by Crippen LogP contribution is 2.13. The predicted octanol–water partition coefficient (Wildman–Crippen LogP) is 2.38. The lowest BCUT2D eigenvalue weighted by molar-refractivity contribution is -0.129. The minimum atomic E-state index is -0.217. The quantitative estimate of drug-likeness (QED) is 0.894. The zero-order chi connectivity index (χ0) is 15.2. The highest BCUT2D eigenvalue weighted by Gasteiger charge is 2.17. The van der Waals surface area contributed by atoms with Gasteiger partial charge in [-0.1, -0.05) is 12.1 Å². The average molecular weight is 289 g/mol. The zero-order valence-corrected chi connectivity index (χ0v) is 12.7. The van der Waals surface area contributed by atoms with Gasteiger partial charge in [0.25, 0.3) is 0 Å². The van der Waals surface area contributed by atoms with E-state index in [-0.39, 0.29) is 18.0 Å². The third kappa shape index (κ3) is 4.77. The zero-order valence-electron chi connectivity index (χ0n) is 12.7. The third-order valence-corrected chi connectivity index (χ3v) is 3.45. The first kappa shape index (κ1) is 15.4. The number of hydrogen-bond acceptors (Lipinski definition) is 2. The molecule has 1 saturated heterocycles. The molecule has 1 aromatic rings. The number of amides is 3. The molecule has 0 bridgehead atoms. The van der Waals surface area contributed by atoms with E-state index in [0.29, 0.717) is 6.42 Å². The number of benzene rings is 1. The lowest BCUT2D eigenvalue weighted by Gasteiger charge is -2.15. The van der Waals surface area contributed by atoms with Gasteiger partial charge in [0.15, 0.2) is 0 Å². The molecule has 0 saturated carbocycles. The summed E-state index contributed by atoms with van der Waals surface area (Å²) in [4.78, 5) is 25.5. The Balaban J connectivity index is 1.86. The minimum absolute atomic E-state index is 0.0994. The van der Waals surface area contributed by atoms with Gasteiger partial charge in [0, 0.05) is 24.8 Å².